The molecule has 1 heterocycles. The average molecular weight is 887 g/mol. The van der Waals surface area contributed by atoms with Crippen molar-refractivity contribution in [2.24, 2.45) is 0 Å². The van der Waals surface area contributed by atoms with Crippen molar-refractivity contribution in [3.8, 4) is 67.1 Å². The molecule has 0 atom stereocenters. The fourth-order valence-corrected chi connectivity index (χ4v) is 10.9. The van der Waals surface area contributed by atoms with Crippen LogP contribution in [0.1, 0.15) is 41.7 Å². The van der Waals surface area contributed by atoms with Crippen LogP contribution < -0.4 is 14.5 Å². The van der Waals surface area contributed by atoms with E-state index in [1.807, 2.05) is 0 Å². The highest BCUT2D eigenvalue weighted by molar-refractivity contribution is 5.91. The molecular formula is C66H50N2O. The molecular weight excluding hydrogens is 837 g/mol. The van der Waals surface area contributed by atoms with Gasteiger partial charge in [0.2, 0.25) is 0 Å². The zero-order valence-electron chi connectivity index (χ0n) is 39.1. The number of nitrogens with zero attached hydrogens (tertiary/aromatic N) is 2. The number of anilines is 6. The molecule has 3 nitrogen and oxygen atoms in total. The second-order valence-electron chi connectivity index (χ2n) is 19.4. The van der Waals surface area contributed by atoms with Gasteiger partial charge in [-0.25, -0.2) is 0 Å². The lowest BCUT2D eigenvalue weighted by Crippen LogP contribution is -2.16. The molecule has 3 heteroatoms. The van der Waals surface area contributed by atoms with Gasteiger partial charge >= 0.3 is 0 Å². The van der Waals surface area contributed by atoms with Crippen LogP contribution in [0.4, 0.5) is 34.1 Å². The molecule has 10 aromatic carbocycles. The first-order valence-electron chi connectivity index (χ1n) is 24.2. The van der Waals surface area contributed by atoms with Crippen LogP contribution in [-0.4, -0.2) is 0 Å². The Kier molecular flexibility index (Phi) is 9.55. The van der Waals surface area contributed by atoms with Crippen LogP contribution in [0.25, 0.3) is 55.6 Å². The van der Waals surface area contributed by atoms with Crippen molar-refractivity contribution in [3.63, 3.8) is 0 Å². The van der Waals surface area contributed by atoms with E-state index in [1.54, 1.807) is 0 Å². The molecule has 13 rings (SSSR count). The molecule has 330 valence electrons. The fourth-order valence-electron chi connectivity index (χ4n) is 10.9. The van der Waals surface area contributed by atoms with Crippen LogP contribution in [0.5, 0.6) is 11.5 Å². The Hall–Kier alpha value is -8.40. The first-order chi connectivity index (χ1) is 33.8. The summed E-state index contributed by atoms with van der Waals surface area (Å²) in [6, 6.07) is 82.2. The molecule has 0 saturated heterocycles. The topological polar surface area (TPSA) is 15.7 Å². The van der Waals surface area contributed by atoms with Gasteiger partial charge < -0.3 is 14.5 Å². The van der Waals surface area contributed by atoms with Gasteiger partial charge in [0.1, 0.15) is 0 Å². The molecule has 0 aromatic heterocycles. The molecule has 0 unspecified atom stereocenters. The molecule has 10 aromatic rings. The van der Waals surface area contributed by atoms with Crippen LogP contribution in [0.2, 0.25) is 0 Å². The van der Waals surface area contributed by atoms with Crippen molar-refractivity contribution in [2.75, 3.05) is 9.80 Å². The molecule has 69 heavy (non-hydrogen) atoms. The molecule has 2 aliphatic carbocycles. The number of fused-ring (bicyclic) bond motifs is 6. The molecule has 0 amide bonds. The Balaban J connectivity index is 0.839. The van der Waals surface area contributed by atoms with Crippen molar-refractivity contribution in [2.45, 2.75) is 39.0 Å². The average Bonchev–Trinajstić information content (AvgIpc) is 3.61. The van der Waals surface area contributed by atoms with E-state index in [0.29, 0.717) is 0 Å². The summed E-state index contributed by atoms with van der Waals surface area (Å²) in [4.78, 5) is 4.72. The summed E-state index contributed by atoms with van der Waals surface area (Å²) in [5.74, 6) is 1.65. The molecule has 3 aliphatic rings. The predicted molar refractivity (Wildman–Crippen MR) is 287 cm³/mol. The van der Waals surface area contributed by atoms with Crippen LogP contribution >= 0.6 is 0 Å². The number of hydrogen-bond acceptors (Lipinski definition) is 3. The fraction of sp³-hybridized carbons (Fsp3) is 0.0909. The lowest BCUT2D eigenvalue weighted by atomic mass is 9.81. The van der Waals surface area contributed by atoms with Crippen LogP contribution in [0, 0.1) is 6.92 Å². The van der Waals surface area contributed by atoms with E-state index < -0.39 is 0 Å². The number of ether oxygens (including phenoxy) is 1. The maximum atomic E-state index is 7.01. The van der Waals surface area contributed by atoms with E-state index in [4.69, 9.17) is 4.74 Å². The quantitative estimate of drug-likeness (QED) is 0.151. The standard InChI is InChI=1S/C66H50N2O/c1-43-14-27-56(28-15-43)68-62-36-25-52(48-20-31-55(32-21-48)67(57-33-22-47-16-17-49(47)38-57)54-29-18-46(19-30-54)44-10-6-4-7-11-44)41-64(62)69-65-42-53(26-37-63(65)68)51-24-35-59-58-34-23-50(45-12-8-5-9-13-45)39-60(58)66(2,3)61(59)40-51/h4-15,18-42H,16-17H2,1-3H3. The normalized spacial score (nSPS) is 13.5. The summed E-state index contributed by atoms with van der Waals surface area (Å²) in [5.41, 5.74) is 25.3. The second kappa shape index (κ2) is 16.1. The summed E-state index contributed by atoms with van der Waals surface area (Å²) in [7, 11) is 0. The number of rotatable bonds is 8. The number of aryl methyl sites for hydroxylation is 3. The van der Waals surface area contributed by atoms with Gasteiger partial charge in [-0.3, -0.25) is 0 Å². The highest BCUT2D eigenvalue weighted by atomic mass is 16.5. The third-order valence-corrected chi connectivity index (χ3v) is 14.8. The van der Waals surface area contributed by atoms with E-state index >= 15 is 0 Å². The highest BCUT2D eigenvalue weighted by Crippen LogP contribution is 2.54. The zero-order valence-corrected chi connectivity index (χ0v) is 39.1. The second-order valence-corrected chi connectivity index (χ2v) is 19.4. The molecule has 0 bridgehead atoms. The lowest BCUT2D eigenvalue weighted by molar-refractivity contribution is 0.477. The van der Waals surface area contributed by atoms with Crippen molar-refractivity contribution in [1.29, 1.82) is 0 Å². The van der Waals surface area contributed by atoms with Gasteiger partial charge in [-0.15, -0.1) is 0 Å². The molecule has 0 saturated carbocycles. The smallest absolute Gasteiger partial charge is 0.152 e. The zero-order chi connectivity index (χ0) is 46.2. The first kappa shape index (κ1) is 40.8. The maximum absolute atomic E-state index is 7.01. The largest absolute Gasteiger partial charge is 0.453 e. The summed E-state index contributed by atoms with van der Waals surface area (Å²) in [5, 5.41) is 0. The molecule has 0 N–H and O–H groups in total. The van der Waals surface area contributed by atoms with Gasteiger partial charge in [-0.1, -0.05) is 159 Å². The van der Waals surface area contributed by atoms with E-state index in [1.165, 1.54) is 72.4 Å². The van der Waals surface area contributed by atoms with Crippen molar-refractivity contribution in [1.82, 2.24) is 0 Å². The Morgan fingerprint density at radius 2 is 0.826 bits per heavy atom. The maximum Gasteiger partial charge on any atom is 0.152 e. The Morgan fingerprint density at radius 1 is 0.391 bits per heavy atom. The van der Waals surface area contributed by atoms with Gasteiger partial charge in [0.05, 0.1) is 11.4 Å². The number of hydrogen-bond donors (Lipinski definition) is 0. The van der Waals surface area contributed by atoms with Crippen molar-refractivity contribution in [3.05, 3.63) is 252 Å². The van der Waals surface area contributed by atoms with Gasteiger partial charge in [-0.05, 0) is 183 Å². The van der Waals surface area contributed by atoms with E-state index in [2.05, 4.69) is 255 Å². The molecule has 0 radical (unpaired) electrons. The lowest BCUT2D eigenvalue weighted by Gasteiger charge is -2.33. The predicted octanol–water partition coefficient (Wildman–Crippen LogP) is 18.1. The molecule has 1 aliphatic heterocycles. The molecule has 0 fully saturated rings. The number of benzene rings is 10. The third kappa shape index (κ3) is 7.04. The summed E-state index contributed by atoms with van der Waals surface area (Å²) >= 11 is 0. The minimum atomic E-state index is -0.152. The third-order valence-electron chi connectivity index (χ3n) is 14.8. The van der Waals surface area contributed by atoms with E-state index in [9.17, 15) is 0 Å². The van der Waals surface area contributed by atoms with Crippen molar-refractivity contribution < 1.29 is 4.74 Å². The van der Waals surface area contributed by atoms with Crippen LogP contribution in [0.15, 0.2) is 224 Å². The summed E-state index contributed by atoms with van der Waals surface area (Å²) < 4.78 is 7.01. The SMILES string of the molecule is Cc1ccc(N2c3ccc(-c4ccc(N(c5ccc(-c6ccccc6)cc5)c5ccc6c(c5)CC6)cc4)cc3Oc3cc(-c4ccc5c(c4)C(C)(C)c4cc(-c6ccccc6)ccc4-5)ccc32)cc1. The van der Waals surface area contributed by atoms with Gasteiger partial charge in [0.25, 0.3) is 0 Å². The summed E-state index contributed by atoms with van der Waals surface area (Å²) in [6.07, 6.45) is 2.30. The minimum absolute atomic E-state index is 0.152. The van der Waals surface area contributed by atoms with Crippen molar-refractivity contribution >= 4 is 34.1 Å². The van der Waals surface area contributed by atoms with E-state index in [-0.39, 0.29) is 5.41 Å². The van der Waals surface area contributed by atoms with Crippen LogP contribution in [0.3, 0.4) is 0 Å². The summed E-state index contributed by atoms with van der Waals surface area (Å²) in [6.45, 7) is 6.86. The Bertz CT molecular complexity index is 3590. The molecule has 0 spiro atoms. The Morgan fingerprint density at radius 3 is 1.36 bits per heavy atom. The van der Waals surface area contributed by atoms with Gasteiger partial charge in [0.15, 0.2) is 11.5 Å². The minimum Gasteiger partial charge on any atom is -0.453 e. The van der Waals surface area contributed by atoms with Gasteiger partial charge in [0, 0.05) is 28.2 Å². The van der Waals surface area contributed by atoms with Gasteiger partial charge in [-0.2, -0.15) is 0 Å². The Labute approximate surface area is 405 Å². The first-order valence-corrected chi connectivity index (χ1v) is 24.2. The van der Waals surface area contributed by atoms with E-state index in [0.717, 1.165) is 69.5 Å². The monoisotopic (exact) mass is 886 g/mol. The van der Waals surface area contributed by atoms with Crippen LogP contribution in [-0.2, 0) is 18.3 Å². The highest BCUT2D eigenvalue weighted by Gasteiger charge is 2.36.